The molecule has 0 aromatic heterocycles. The van der Waals surface area contributed by atoms with E-state index in [9.17, 15) is 9.90 Å². The Morgan fingerprint density at radius 3 is 2.44 bits per heavy atom. The van der Waals surface area contributed by atoms with Crippen LogP contribution in [0.3, 0.4) is 0 Å². The first-order valence-electron chi connectivity index (χ1n) is 5.40. The summed E-state index contributed by atoms with van der Waals surface area (Å²) in [5.74, 6) is -0.201. The van der Waals surface area contributed by atoms with E-state index < -0.39 is 5.72 Å². The van der Waals surface area contributed by atoms with Gasteiger partial charge >= 0.3 is 0 Å². The normalized spacial score (nSPS) is 24.8. The molecular formula is C13H15NO2. The van der Waals surface area contributed by atoms with Gasteiger partial charge in [0.1, 0.15) is 0 Å². The molecule has 0 saturated heterocycles. The lowest BCUT2D eigenvalue weighted by atomic mass is 9.97. The van der Waals surface area contributed by atoms with E-state index in [1.54, 1.807) is 6.92 Å². The fourth-order valence-corrected chi connectivity index (χ4v) is 2.03. The molecule has 2 N–H and O–H groups in total. The van der Waals surface area contributed by atoms with Crippen molar-refractivity contribution in [2.24, 2.45) is 0 Å². The Bertz CT molecular complexity index is 450. The first kappa shape index (κ1) is 10.9. The van der Waals surface area contributed by atoms with E-state index >= 15 is 0 Å². The van der Waals surface area contributed by atoms with Crippen LogP contribution in [0.4, 0.5) is 0 Å². The van der Waals surface area contributed by atoms with Gasteiger partial charge in [0.05, 0.1) is 5.57 Å². The number of hydrogen-bond donors (Lipinski definition) is 2. The lowest BCUT2D eigenvalue weighted by Crippen LogP contribution is -2.43. The SMILES string of the molecule is CCC1(O)NC(=O)C(c2ccccc2)=C1C. The zero-order valence-electron chi connectivity index (χ0n) is 9.45. The summed E-state index contributed by atoms with van der Waals surface area (Å²) in [5.41, 5.74) is 0.959. The quantitative estimate of drug-likeness (QED) is 0.792. The molecule has 1 unspecified atom stereocenters. The van der Waals surface area contributed by atoms with Crippen LogP contribution in [-0.2, 0) is 4.79 Å². The van der Waals surface area contributed by atoms with Crippen molar-refractivity contribution in [3.63, 3.8) is 0 Å². The Morgan fingerprint density at radius 2 is 1.94 bits per heavy atom. The maximum atomic E-state index is 11.8. The number of carbonyl (C=O) groups excluding carboxylic acids is 1. The van der Waals surface area contributed by atoms with Crippen LogP contribution in [0.25, 0.3) is 5.57 Å². The molecule has 0 aliphatic carbocycles. The van der Waals surface area contributed by atoms with Crippen LogP contribution in [0.15, 0.2) is 35.9 Å². The molecule has 1 aliphatic rings. The number of benzene rings is 1. The summed E-state index contributed by atoms with van der Waals surface area (Å²) >= 11 is 0. The van der Waals surface area contributed by atoms with Gasteiger partial charge in [-0.1, -0.05) is 37.3 Å². The molecule has 1 amide bonds. The van der Waals surface area contributed by atoms with Gasteiger partial charge < -0.3 is 10.4 Å². The topological polar surface area (TPSA) is 49.3 Å². The van der Waals surface area contributed by atoms with Crippen molar-refractivity contribution < 1.29 is 9.90 Å². The molecule has 3 heteroatoms. The highest BCUT2D eigenvalue weighted by Crippen LogP contribution is 2.33. The van der Waals surface area contributed by atoms with Crippen LogP contribution in [-0.4, -0.2) is 16.7 Å². The molecule has 16 heavy (non-hydrogen) atoms. The van der Waals surface area contributed by atoms with Crippen molar-refractivity contribution in [1.29, 1.82) is 0 Å². The molecule has 84 valence electrons. The lowest BCUT2D eigenvalue weighted by Gasteiger charge is -2.22. The molecule has 1 aliphatic heterocycles. The average Bonchev–Trinajstić information content (AvgIpc) is 2.52. The smallest absolute Gasteiger partial charge is 0.254 e. The minimum atomic E-state index is -1.18. The van der Waals surface area contributed by atoms with Gasteiger partial charge in [-0.25, -0.2) is 0 Å². The van der Waals surface area contributed by atoms with Crippen molar-refractivity contribution in [2.45, 2.75) is 26.0 Å². The molecule has 1 aromatic carbocycles. The van der Waals surface area contributed by atoms with Gasteiger partial charge in [-0.3, -0.25) is 4.79 Å². The second-order valence-electron chi connectivity index (χ2n) is 4.03. The standard InChI is InChI=1S/C13H15NO2/c1-3-13(16)9(2)11(12(15)14-13)10-7-5-4-6-8-10/h4-8,16H,3H2,1-2H3,(H,14,15). The average molecular weight is 217 g/mol. The van der Waals surface area contributed by atoms with Crippen molar-refractivity contribution in [3.05, 3.63) is 41.5 Å². The maximum Gasteiger partial charge on any atom is 0.254 e. The van der Waals surface area contributed by atoms with Crippen molar-refractivity contribution in [3.8, 4) is 0 Å². The number of carbonyl (C=O) groups is 1. The molecule has 1 heterocycles. The number of amides is 1. The Labute approximate surface area is 94.8 Å². The molecule has 2 rings (SSSR count). The van der Waals surface area contributed by atoms with Crippen molar-refractivity contribution in [2.75, 3.05) is 0 Å². The van der Waals surface area contributed by atoms with Crippen molar-refractivity contribution in [1.82, 2.24) is 5.32 Å². The van der Waals surface area contributed by atoms with Crippen molar-refractivity contribution >= 4 is 11.5 Å². The third kappa shape index (κ3) is 1.53. The van der Waals surface area contributed by atoms with Crippen LogP contribution in [0, 0.1) is 0 Å². The molecular weight excluding hydrogens is 202 g/mol. The Balaban J connectivity index is 2.52. The van der Waals surface area contributed by atoms with Crippen LogP contribution in [0.5, 0.6) is 0 Å². The summed E-state index contributed by atoms with van der Waals surface area (Å²) in [4.78, 5) is 11.8. The van der Waals surface area contributed by atoms with E-state index in [4.69, 9.17) is 0 Å². The highest BCUT2D eigenvalue weighted by atomic mass is 16.3. The minimum absolute atomic E-state index is 0.201. The van der Waals surface area contributed by atoms with Gasteiger partial charge in [0.2, 0.25) is 0 Å². The molecule has 0 radical (unpaired) electrons. The Kier molecular flexibility index (Phi) is 2.56. The summed E-state index contributed by atoms with van der Waals surface area (Å²) in [6, 6.07) is 9.41. The molecule has 3 nitrogen and oxygen atoms in total. The Hall–Kier alpha value is -1.61. The zero-order chi connectivity index (χ0) is 11.8. The molecule has 0 bridgehead atoms. The lowest BCUT2D eigenvalue weighted by molar-refractivity contribution is -0.119. The fraction of sp³-hybridized carbons (Fsp3) is 0.308. The summed E-state index contributed by atoms with van der Waals surface area (Å²) < 4.78 is 0. The second kappa shape index (κ2) is 3.76. The van der Waals surface area contributed by atoms with E-state index in [0.717, 1.165) is 5.56 Å². The predicted octanol–water partition coefficient (Wildman–Crippen LogP) is 1.69. The van der Waals surface area contributed by atoms with Gasteiger partial charge in [-0.15, -0.1) is 0 Å². The predicted molar refractivity (Wildman–Crippen MR) is 62.4 cm³/mol. The molecule has 0 saturated carbocycles. The third-order valence-corrected chi connectivity index (χ3v) is 3.12. The molecule has 0 spiro atoms. The van der Waals surface area contributed by atoms with Crippen LogP contribution < -0.4 is 5.32 Å². The number of rotatable bonds is 2. The van der Waals surface area contributed by atoms with Gasteiger partial charge in [0.15, 0.2) is 5.72 Å². The summed E-state index contributed by atoms with van der Waals surface area (Å²) in [6.45, 7) is 3.64. The van der Waals surface area contributed by atoms with Gasteiger partial charge in [0.25, 0.3) is 5.91 Å². The van der Waals surface area contributed by atoms with E-state index in [-0.39, 0.29) is 5.91 Å². The monoisotopic (exact) mass is 217 g/mol. The zero-order valence-corrected chi connectivity index (χ0v) is 9.45. The number of hydrogen-bond acceptors (Lipinski definition) is 2. The summed E-state index contributed by atoms with van der Waals surface area (Å²) in [6.07, 6.45) is 0.473. The first-order chi connectivity index (χ1) is 7.58. The molecule has 0 fully saturated rings. The summed E-state index contributed by atoms with van der Waals surface area (Å²) in [5, 5.41) is 12.8. The number of nitrogens with one attached hydrogen (secondary N) is 1. The second-order valence-corrected chi connectivity index (χ2v) is 4.03. The highest BCUT2D eigenvalue weighted by molar-refractivity contribution is 6.23. The highest BCUT2D eigenvalue weighted by Gasteiger charge is 2.39. The Morgan fingerprint density at radius 1 is 1.31 bits per heavy atom. The molecule has 1 atom stereocenters. The largest absolute Gasteiger partial charge is 0.367 e. The van der Waals surface area contributed by atoms with Crippen LogP contribution in [0.1, 0.15) is 25.8 Å². The van der Waals surface area contributed by atoms with E-state index in [2.05, 4.69) is 5.32 Å². The van der Waals surface area contributed by atoms with E-state index in [0.29, 0.717) is 17.6 Å². The van der Waals surface area contributed by atoms with E-state index in [1.807, 2.05) is 37.3 Å². The number of aliphatic hydroxyl groups is 1. The minimum Gasteiger partial charge on any atom is -0.367 e. The first-order valence-corrected chi connectivity index (χ1v) is 5.40. The van der Waals surface area contributed by atoms with E-state index in [1.165, 1.54) is 0 Å². The fourth-order valence-electron chi connectivity index (χ4n) is 2.03. The van der Waals surface area contributed by atoms with Gasteiger partial charge in [-0.2, -0.15) is 0 Å². The van der Waals surface area contributed by atoms with Gasteiger partial charge in [-0.05, 0) is 24.5 Å². The summed E-state index contributed by atoms with van der Waals surface area (Å²) in [7, 11) is 0. The molecule has 1 aromatic rings. The third-order valence-electron chi connectivity index (χ3n) is 3.12. The van der Waals surface area contributed by atoms with Crippen LogP contribution in [0.2, 0.25) is 0 Å². The maximum absolute atomic E-state index is 11.8. The van der Waals surface area contributed by atoms with Gasteiger partial charge in [0, 0.05) is 0 Å². The van der Waals surface area contributed by atoms with Crippen LogP contribution >= 0.6 is 0 Å².